The summed E-state index contributed by atoms with van der Waals surface area (Å²) in [7, 11) is 0. The fourth-order valence-corrected chi connectivity index (χ4v) is 5.31. The van der Waals surface area contributed by atoms with Crippen molar-refractivity contribution in [2.45, 2.75) is 58.5 Å². The van der Waals surface area contributed by atoms with Crippen LogP contribution in [0.15, 0.2) is 46.2 Å². The summed E-state index contributed by atoms with van der Waals surface area (Å²) in [5.41, 5.74) is 3.63. The van der Waals surface area contributed by atoms with Crippen LogP contribution in [0.4, 0.5) is 0 Å². The standard InChI is InChI=1S/C22H24N2O3S/c1-12-18(14(3)25)20(17-11-28-21-16(17)9-6-10-23-21)19(13(2)24-12)22(26)27-15-7-4-5-8-15/h6,9-11,15,20,24H,4-5,7-8H2,1-3H3. The monoisotopic (exact) mass is 396 g/mol. The van der Waals surface area contributed by atoms with Crippen LogP contribution in [0, 0.1) is 0 Å². The van der Waals surface area contributed by atoms with E-state index in [9.17, 15) is 9.59 Å². The van der Waals surface area contributed by atoms with Crippen molar-refractivity contribution in [3.05, 3.63) is 51.8 Å². The number of thiophene rings is 1. The molecule has 28 heavy (non-hydrogen) atoms. The van der Waals surface area contributed by atoms with E-state index in [0.717, 1.165) is 52.9 Å². The van der Waals surface area contributed by atoms with Gasteiger partial charge in [-0.3, -0.25) is 4.79 Å². The first-order valence-electron chi connectivity index (χ1n) is 9.70. The number of rotatable bonds is 4. The summed E-state index contributed by atoms with van der Waals surface area (Å²) in [6, 6.07) is 3.88. The molecule has 6 heteroatoms. The van der Waals surface area contributed by atoms with E-state index in [0.29, 0.717) is 11.1 Å². The van der Waals surface area contributed by atoms with Gasteiger partial charge < -0.3 is 10.1 Å². The number of allylic oxidation sites excluding steroid dienone is 3. The number of esters is 1. The van der Waals surface area contributed by atoms with Crippen LogP contribution in [0.3, 0.4) is 0 Å². The molecule has 1 aliphatic carbocycles. The molecule has 4 rings (SSSR count). The molecule has 2 aromatic rings. The molecule has 1 aliphatic heterocycles. The lowest BCUT2D eigenvalue weighted by Gasteiger charge is -2.30. The predicted octanol–water partition coefficient (Wildman–Crippen LogP) is 4.61. The molecule has 146 valence electrons. The topological polar surface area (TPSA) is 68.3 Å². The van der Waals surface area contributed by atoms with Gasteiger partial charge in [-0.15, -0.1) is 11.3 Å². The lowest BCUT2D eigenvalue weighted by atomic mass is 9.79. The number of aromatic nitrogens is 1. The van der Waals surface area contributed by atoms with Crippen LogP contribution in [0.25, 0.3) is 10.2 Å². The van der Waals surface area contributed by atoms with E-state index in [4.69, 9.17) is 4.74 Å². The summed E-state index contributed by atoms with van der Waals surface area (Å²) >= 11 is 1.53. The molecule has 1 unspecified atom stereocenters. The Morgan fingerprint density at radius 2 is 1.89 bits per heavy atom. The molecule has 0 aromatic carbocycles. The highest BCUT2D eigenvalue weighted by molar-refractivity contribution is 7.16. The Balaban J connectivity index is 1.83. The van der Waals surface area contributed by atoms with E-state index in [1.165, 1.54) is 11.3 Å². The number of dihydropyridines is 1. The number of nitrogens with one attached hydrogen (secondary N) is 1. The Kier molecular flexibility index (Phi) is 5.06. The van der Waals surface area contributed by atoms with Gasteiger partial charge in [0.2, 0.25) is 0 Å². The molecule has 0 bridgehead atoms. The Morgan fingerprint density at radius 3 is 2.61 bits per heavy atom. The number of hydrogen-bond acceptors (Lipinski definition) is 6. The number of hydrogen-bond donors (Lipinski definition) is 1. The van der Waals surface area contributed by atoms with E-state index < -0.39 is 5.92 Å². The normalized spacial score (nSPS) is 20.6. The highest BCUT2D eigenvalue weighted by Crippen LogP contribution is 2.43. The fourth-order valence-electron chi connectivity index (χ4n) is 4.37. The largest absolute Gasteiger partial charge is 0.459 e. The molecular weight excluding hydrogens is 372 g/mol. The summed E-state index contributed by atoms with van der Waals surface area (Å²) in [6.07, 6.45) is 5.74. The van der Waals surface area contributed by atoms with Crippen LogP contribution in [0.1, 0.15) is 57.9 Å². The maximum absolute atomic E-state index is 13.2. The molecule has 3 heterocycles. The van der Waals surface area contributed by atoms with Crippen LogP contribution < -0.4 is 5.32 Å². The predicted molar refractivity (Wildman–Crippen MR) is 110 cm³/mol. The zero-order valence-electron chi connectivity index (χ0n) is 16.4. The minimum absolute atomic E-state index is 0.0258. The first-order chi connectivity index (χ1) is 13.5. The Labute approximate surface area is 168 Å². The fraction of sp³-hybridized carbons (Fsp3) is 0.409. The molecule has 1 fully saturated rings. The molecule has 1 saturated carbocycles. The molecule has 0 saturated heterocycles. The smallest absolute Gasteiger partial charge is 0.337 e. The molecule has 1 N–H and O–H groups in total. The van der Waals surface area contributed by atoms with Crippen molar-refractivity contribution >= 4 is 33.3 Å². The first kappa shape index (κ1) is 18.9. The quantitative estimate of drug-likeness (QED) is 0.765. The average Bonchev–Trinajstić information content (AvgIpc) is 3.29. The van der Waals surface area contributed by atoms with Crippen LogP contribution in [0.2, 0.25) is 0 Å². The minimum Gasteiger partial charge on any atom is -0.459 e. The molecule has 1 atom stereocenters. The van der Waals surface area contributed by atoms with Crippen LogP contribution in [-0.4, -0.2) is 22.8 Å². The van der Waals surface area contributed by atoms with Gasteiger partial charge >= 0.3 is 5.97 Å². The van der Waals surface area contributed by atoms with Crippen LogP contribution in [0.5, 0.6) is 0 Å². The van der Waals surface area contributed by atoms with Gasteiger partial charge in [0.05, 0.1) is 5.57 Å². The molecule has 0 spiro atoms. The third kappa shape index (κ3) is 3.26. The van der Waals surface area contributed by atoms with Crippen molar-refractivity contribution in [1.82, 2.24) is 10.3 Å². The number of carbonyl (C=O) groups excluding carboxylic acids is 2. The van der Waals surface area contributed by atoms with Gasteiger partial charge in [-0.25, -0.2) is 9.78 Å². The first-order valence-corrected chi connectivity index (χ1v) is 10.6. The van der Waals surface area contributed by atoms with E-state index >= 15 is 0 Å². The molecule has 5 nitrogen and oxygen atoms in total. The maximum Gasteiger partial charge on any atom is 0.337 e. The van der Waals surface area contributed by atoms with Gasteiger partial charge in [-0.1, -0.05) is 6.07 Å². The van der Waals surface area contributed by atoms with Gasteiger partial charge in [0.25, 0.3) is 0 Å². The van der Waals surface area contributed by atoms with E-state index in [1.54, 1.807) is 13.1 Å². The molecular formula is C22H24N2O3S. The van der Waals surface area contributed by atoms with Crippen molar-refractivity contribution in [1.29, 1.82) is 0 Å². The van der Waals surface area contributed by atoms with E-state index in [1.807, 2.05) is 31.4 Å². The Bertz CT molecular complexity index is 1010. The second-order valence-corrected chi connectivity index (χ2v) is 8.41. The minimum atomic E-state index is -0.439. The number of ether oxygens (including phenoxy) is 1. The lowest BCUT2D eigenvalue weighted by molar-refractivity contribution is -0.144. The zero-order valence-corrected chi connectivity index (χ0v) is 17.2. The van der Waals surface area contributed by atoms with Crippen molar-refractivity contribution in [2.24, 2.45) is 0 Å². The van der Waals surface area contributed by atoms with Crippen LogP contribution >= 0.6 is 11.3 Å². The van der Waals surface area contributed by atoms with Gasteiger partial charge in [0, 0.05) is 34.5 Å². The van der Waals surface area contributed by atoms with Gasteiger partial charge in [-0.2, -0.15) is 0 Å². The van der Waals surface area contributed by atoms with Gasteiger partial charge in [-0.05, 0) is 63.5 Å². The van der Waals surface area contributed by atoms with E-state index in [-0.39, 0.29) is 17.9 Å². The number of ketones is 1. The Hall–Kier alpha value is -2.47. The SMILES string of the molecule is CC(=O)C1=C(C)NC(C)=C(C(=O)OC2CCCC2)C1c1csc2ncccc12. The Morgan fingerprint density at radius 1 is 1.18 bits per heavy atom. The third-order valence-corrected chi connectivity index (χ3v) is 6.55. The van der Waals surface area contributed by atoms with Crippen LogP contribution in [-0.2, 0) is 14.3 Å². The lowest BCUT2D eigenvalue weighted by Crippen LogP contribution is -2.32. The zero-order chi connectivity index (χ0) is 19.8. The van der Waals surface area contributed by atoms with Crippen molar-refractivity contribution in [3.63, 3.8) is 0 Å². The number of nitrogens with zero attached hydrogens (tertiary/aromatic N) is 1. The average molecular weight is 397 g/mol. The second kappa shape index (κ2) is 7.51. The summed E-state index contributed by atoms with van der Waals surface area (Å²) < 4.78 is 5.84. The molecule has 0 radical (unpaired) electrons. The van der Waals surface area contributed by atoms with Gasteiger partial charge in [0.15, 0.2) is 5.78 Å². The third-order valence-electron chi connectivity index (χ3n) is 5.63. The van der Waals surface area contributed by atoms with Gasteiger partial charge in [0.1, 0.15) is 10.9 Å². The highest BCUT2D eigenvalue weighted by Gasteiger charge is 2.38. The number of pyridine rings is 1. The van der Waals surface area contributed by atoms with Crippen molar-refractivity contribution in [2.75, 3.05) is 0 Å². The number of carbonyl (C=O) groups is 2. The molecule has 2 aromatic heterocycles. The summed E-state index contributed by atoms with van der Waals surface area (Å²) in [5, 5.41) is 6.22. The molecule has 0 amide bonds. The van der Waals surface area contributed by atoms with Crippen molar-refractivity contribution < 1.29 is 14.3 Å². The maximum atomic E-state index is 13.2. The van der Waals surface area contributed by atoms with E-state index in [2.05, 4.69) is 10.3 Å². The summed E-state index contributed by atoms with van der Waals surface area (Å²) in [5.74, 6) is -0.807. The summed E-state index contributed by atoms with van der Waals surface area (Å²) in [6.45, 7) is 5.32. The highest BCUT2D eigenvalue weighted by atomic mass is 32.1. The summed E-state index contributed by atoms with van der Waals surface area (Å²) in [4.78, 5) is 31.1. The molecule has 2 aliphatic rings. The number of fused-ring (bicyclic) bond motifs is 1. The number of Topliss-reactive ketones (excluding diaryl/α,β-unsaturated/α-hetero) is 1. The second-order valence-electron chi connectivity index (χ2n) is 7.55. The van der Waals surface area contributed by atoms with Crippen molar-refractivity contribution in [3.8, 4) is 0 Å².